The third kappa shape index (κ3) is 4.22. The van der Waals surface area contributed by atoms with Crippen molar-refractivity contribution in [1.82, 2.24) is 4.90 Å². The van der Waals surface area contributed by atoms with Crippen LogP contribution >= 0.6 is 0 Å². The number of carbonyl (C=O) groups is 1. The standard InChI is InChI=1S/C20H23NO2/c1-4-14-21(15-18-12-8-9-13-19(18)23-3)20(22)16(2)17-10-6-5-7-11-17/h4-13,16H,1,14-15H2,2-3H3/t16-/m1/s1. The van der Waals surface area contributed by atoms with Gasteiger partial charge in [0.1, 0.15) is 5.75 Å². The van der Waals surface area contributed by atoms with E-state index in [1.165, 1.54) is 0 Å². The van der Waals surface area contributed by atoms with Crippen LogP contribution in [0.5, 0.6) is 5.75 Å². The van der Waals surface area contributed by atoms with Gasteiger partial charge in [0.15, 0.2) is 0 Å². The van der Waals surface area contributed by atoms with E-state index in [0.29, 0.717) is 13.1 Å². The predicted octanol–water partition coefficient (Wildman–Crippen LogP) is 4.01. The van der Waals surface area contributed by atoms with E-state index < -0.39 is 0 Å². The third-order valence-electron chi connectivity index (χ3n) is 3.88. The Labute approximate surface area is 138 Å². The normalized spacial score (nSPS) is 11.6. The van der Waals surface area contributed by atoms with Crippen molar-refractivity contribution < 1.29 is 9.53 Å². The van der Waals surface area contributed by atoms with Crippen LogP contribution in [0.3, 0.4) is 0 Å². The molecule has 0 radical (unpaired) electrons. The first-order chi connectivity index (χ1) is 11.2. The van der Waals surface area contributed by atoms with Gasteiger partial charge in [0.2, 0.25) is 5.91 Å². The Balaban J connectivity index is 2.20. The van der Waals surface area contributed by atoms with Crippen molar-refractivity contribution in [2.24, 2.45) is 0 Å². The van der Waals surface area contributed by atoms with Crippen molar-refractivity contribution in [2.75, 3.05) is 13.7 Å². The molecule has 0 aromatic heterocycles. The predicted molar refractivity (Wildman–Crippen MR) is 93.5 cm³/mol. The van der Waals surface area contributed by atoms with E-state index in [9.17, 15) is 4.79 Å². The number of methoxy groups -OCH3 is 1. The summed E-state index contributed by atoms with van der Waals surface area (Å²) < 4.78 is 5.39. The lowest BCUT2D eigenvalue weighted by atomic mass is 9.99. The van der Waals surface area contributed by atoms with Gasteiger partial charge in [-0.15, -0.1) is 6.58 Å². The van der Waals surface area contributed by atoms with Crippen LogP contribution < -0.4 is 4.74 Å². The number of hydrogen-bond donors (Lipinski definition) is 0. The Bertz CT molecular complexity index is 652. The van der Waals surface area contributed by atoms with E-state index in [2.05, 4.69) is 6.58 Å². The number of hydrogen-bond acceptors (Lipinski definition) is 2. The van der Waals surface area contributed by atoms with Crippen LogP contribution in [0, 0.1) is 0 Å². The molecule has 0 aliphatic carbocycles. The number of rotatable bonds is 7. The summed E-state index contributed by atoms with van der Waals surface area (Å²) in [6.45, 7) is 6.73. The lowest BCUT2D eigenvalue weighted by Gasteiger charge is -2.25. The first-order valence-electron chi connectivity index (χ1n) is 7.74. The zero-order valence-electron chi connectivity index (χ0n) is 13.7. The fourth-order valence-electron chi connectivity index (χ4n) is 2.59. The zero-order valence-corrected chi connectivity index (χ0v) is 13.7. The van der Waals surface area contributed by atoms with Crippen molar-refractivity contribution in [3.05, 3.63) is 78.4 Å². The van der Waals surface area contributed by atoms with Gasteiger partial charge >= 0.3 is 0 Å². The van der Waals surface area contributed by atoms with E-state index in [-0.39, 0.29) is 11.8 Å². The molecule has 0 spiro atoms. The third-order valence-corrected chi connectivity index (χ3v) is 3.88. The molecule has 3 heteroatoms. The van der Waals surface area contributed by atoms with Gasteiger partial charge in [0.05, 0.1) is 13.0 Å². The molecule has 3 nitrogen and oxygen atoms in total. The van der Waals surface area contributed by atoms with Crippen LogP contribution in [0.1, 0.15) is 24.0 Å². The molecule has 120 valence electrons. The monoisotopic (exact) mass is 309 g/mol. The highest BCUT2D eigenvalue weighted by atomic mass is 16.5. The van der Waals surface area contributed by atoms with Gasteiger partial charge in [-0.05, 0) is 18.6 Å². The first-order valence-corrected chi connectivity index (χ1v) is 7.74. The van der Waals surface area contributed by atoms with E-state index >= 15 is 0 Å². The lowest BCUT2D eigenvalue weighted by molar-refractivity contribution is -0.132. The van der Waals surface area contributed by atoms with Crippen LogP contribution in [0.15, 0.2) is 67.3 Å². The minimum Gasteiger partial charge on any atom is -0.496 e. The maximum atomic E-state index is 12.9. The molecule has 0 N–H and O–H groups in total. The van der Waals surface area contributed by atoms with Gasteiger partial charge in [-0.2, -0.15) is 0 Å². The molecule has 0 fully saturated rings. The first kappa shape index (κ1) is 16.8. The van der Waals surface area contributed by atoms with Crippen LogP contribution in [0.25, 0.3) is 0 Å². The summed E-state index contributed by atoms with van der Waals surface area (Å²) in [5.41, 5.74) is 2.01. The van der Waals surface area contributed by atoms with Crippen LogP contribution in [-0.4, -0.2) is 24.5 Å². The number of ether oxygens (including phenoxy) is 1. The van der Waals surface area contributed by atoms with Crippen LogP contribution in [0.4, 0.5) is 0 Å². The molecule has 0 heterocycles. The van der Waals surface area contributed by atoms with Gasteiger partial charge < -0.3 is 9.64 Å². The molecule has 0 unspecified atom stereocenters. The molecule has 1 amide bonds. The summed E-state index contributed by atoms with van der Waals surface area (Å²) in [7, 11) is 1.64. The van der Waals surface area contributed by atoms with Gasteiger partial charge in [-0.1, -0.05) is 54.6 Å². The smallest absolute Gasteiger partial charge is 0.230 e. The highest BCUT2D eigenvalue weighted by Crippen LogP contribution is 2.23. The minimum absolute atomic E-state index is 0.0852. The molecule has 23 heavy (non-hydrogen) atoms. The Morgan fingerprint density at radius 1 is 1.17 bits per heavy atom. The Morgan fingerprint density at radius 3 is 2.48 bits per heavy atom. The second-order valence-corrected chi connectivity index (χ2v) is 5.45. The molecule has 0 aliphatic heterocycles. The second kappa shape index (κ2) is 8.18. The summed E-state index contributed by atoms with van der Waals surface area (Å²) in [6, 6.07) is 17.6. The van der Waals surface area contributed by atoms with Crippen molar-refractivity contribution in [3.63, 3.8) is 0 Å². The molecule has 0 aliphatic rings. The van der Waals surface area contributed by atoms with Gasteiger partial charge in [-0.3, -0.25) is 4.79 Å². The highest BCUT2D eigenvalue weighted by Gasteiger charge is 2.22. The Kier molecular flexibility index (Phi) is 5.98. The highest BCUT2D eigenvalue weighted by molar-refractivity contribution is 5.83. The molecule has 0 saturated carbocycles. The fourth-order valence-corrected chi connectivity index (χ4v) is 2.59. The molecular formula is C20H23NO2. The van der Waals surface area contributed by atoms with Gasteiger partial charge in [0.25, 0.3) is 0 Å². The zero-order chi connectivity index (χ0) is 16.7. The summed E-state index contributed by atoms with van der Waals surface area (Å²) in [6.07, 6.45) is 1.75. The average Bonchev–Trinajstić information content (AvgIpc) is 2.61. The largest absolute Gasteiger partial charge is 0.496 e. The van der Waals surface area contributed by atoms with E-state index in [0.717, 1.165) is 16.9 Å². The molecule has 0 bridgehead atoms. The lowest BCUT2D eigenvalue weighted by Crippen LogP contribution is -2.34. The second-order valence-electron chi connectivity index (χ2n) is 5.45. The maximum Gasteiger partial charge on any atom is 0.230 e. The molecular weight excluding hydrogens is 286 g/mol. The molecule has 1 atom stereocenters. The Morgan fingerprint density at radius 2 is 1.83 bits per heavy atom. The fraction of sp³-hybridized carbons (Fsp3) is 0.250. The van der Waals surface area contributed by atoms with Crippen LogP contribution in [0.2, 0.25) is 0 Å². The van der Waals surface area contributed by atoms with Crippen molar-refractivity contribution >= 4 is 5.91 Å². The van der Waals surface area contributed by atoms with E-state index in [4.69, 9.17) is 4.74 Å². The average molecular weight is 309 g/mol. The van der Waals surface area contributed by atoms with Crippen LogP contribution in [-0.2, 0) is 11.3 Å². The summed E-state index contributed by atoms with van der Waals surface area (Å²) in [5, 5.41) is 0. The van der Waals surface area contributed by atoms with Crippen molar-refractivity contribution in [3.8, 4) is 5.75 Å². The molecule has 2 aromatic rings. The SMILES string of the molecule is C=CCN(Cc1ccccc1OC)C(=O)[C@H](C)c1ccccc1. The summed E-state index contributed by atoms with van der Waals surface area (Å²) in [5.74, 6) is 0.689. The van der Waals surface area contributed by atoms with Gasteiger partial charge in [-0.25, -0.2) is 0 Å². The number of carbonyl (C=O) groups excluding carboxylic acids is 1. The number of benzene rings is 2. The summed E-state index contributed by atoms with van der Waals surface area (Å²) in [4.78, 5) is 14.7. The molecule has 2 aromatic carbocycles. The minimum atomic E-state index is -0.189. The Hall–Kier alpha value is -2.55. The quantitative estimate of drug-likeness (QED) is 0.723. The maximum absolute atomic E-state index is 12.9. The summed E-state index contributed by atoms with van der Waals surface area (Å²) >= 11 is 0. The van der Waals surface area contributed by atoms with Crippen molar-refractivity contribution in [1.29, 1.82) is 0 Å². The van der Waals surface area contributed by atoms with E-state index in [1.54, 1.807) is 13.2 Å². The number of para-hydroxylation sites is 1. The number of amides is 1. The molecule has 0 saturated heterocycles. The van der Waals surface area contributed by atoms with Gasteiger partial charge in [0, 0.05) is 18.7 Å². The number of nitrogens with zero attached hydrogens (tertiary/aromatic N) is 1. The van der Waals surface area contributed by atoms with E-state index in [1.807, 2.05) is 66.4 Å². The topological polar surface area (TPSA) is 29.5 Å². The molecule has 2 rings (SSSR count). The van der Waals surface area contributed by atoms with Crippen molar-refractivity contribution in [2.45, 2.75) is 19.4 Å².